The van der Waals surface area contributed by atoms with E-state index in [9.17, 15) is 14.4 Å². The number of aryl methyl sites for hydroxylation is 1. The first-order valence-electron chi connectivity index (χ1n) is 6.13. The number of hydrogen-bond donors (Lipinski definition) is 1. The van der Waals surface area contributed by atoms with Crippen LogP contribution in [0.25, 0.3) is 10.9 Å². The minimum Gasteiger partial charge on any atom is -0.296 e. The molecule has 1 fully saturated rings. The van der Waals surface area contributed by atoms with Gasteiger partial charge in [-0.1, -0.05) is 0 Å². The third kappa shape index (κ3) is 1.83. The Kier molecular flexibility index (Phi) is 2.74. The minimum absolute atomic E-state index is 0.261. The van der Waals surface area contributed by atoms with Crippen molar-refractivity contribution in [3.05, 3.63) is 23.9 Å². The molecule has 0 aliphatic carbocycles. The molecule has 1 aliphatic rings. The Morgan fingerprint density at radius 3 is 2.85 bits per heavy atom. The fourth-order valence-electron chi connectivity index (χ4n) is 2.32. The van der Waals surface area contributed by atoms with Crippen LogP contribution in [0.5, 0.6) is 0 Å². The lowest BCUT2D eigenvalue weighted by Gasteiger charge is -2.26. The van der Waals surface area contributed by atoms with Crippen molar-refractivity contribution in [3.8, 4) is 0 Å². The van der Waals surface area contributed by atoms with Crippen molar-refractivity contribution >= 4 is 34.8 Å². The molecule has 0 spiro atoms. The zero-order valence-electron chi connectivity index (χ0n) is 10.8. The van der Waals surface area contributed by atoms with Crippen LogP contribution >= 0.6 is 0 Å². The molecule has 3 amide bonds. The van der Waals surface area contributed by atoms with Gasteiger partial charge < -0.3 is 0 Å². The number of anilines is 1. The number of benzene rings is 1. The van der Waals surface area contributed by atoms with Gasteiger partial charge in [-0.25, -0.2) is 4.79 Å². The van der Waals surface area contributed by atoms with E-state index < -0.39 is 6.03 Å². The van der Waals surface area contributed by atoms with E-state index in [1.165, 1.54) is 9.58 Å². The van der Waals surface area contributed by atoms with Gasteiger partial charge in [0.15, 0.2) is 6.29 Å². The number of fused-ring (bicyclic) bond motifs is 1. The van der Waals surface area contributed by atoms with Crippen molar-refractivity contribution in [2.75, 3.05) is 11.4 Å². The molecule has 7 nitrogen and oxygen atoms in total. The average molecular weight is 272 g/mol. The Morgan fingerprint density at radius 2 is 2.15 bits per heavy atom. The highest BCUT2D eigenvalue weighted by molar-refractivity contribution is 6.07. The molecule has 1 aromatic carbocycles. The molecule has 1 aromatic heterocycles. The quantitative estimate of drug-likeness (QED) is 0.821. The number of aromatic nitrogens is 2. The van der Waals surface area contributed by atoms with E-state index in [0.717, 1.165) is 6.29 Å². The molecule has 0 radical (unpaired) electrons. The van der Waals surface area contributed by atoms with Crippen molar-refractivity contribution in [3.63, 3.8) is 0 Å². The Hall–Kier alpha value is -2.70. The Labute approximate surface area is 114 Å². The van der Waals surface area contributed by atoms with Gasteiger partial charge in [0.05, 0.1) is 5.52 Å². The number of nitrogens with one attached hydrogen (secondary N) is 1. The number of hydrogen-bond acceptors (Lipinski definition) is 4. The Bertz CT molecular complexity index is 735. The van der Waals surface area contributed by atoms with Gasteiger partial charge in [0.25, 0.3) is 0 Å². The fraction of sp³-hybridized carbons (Fsp3) is 0.231. The number of amides is 3. The maximum Gasteiger partial charge on any atom is 0.328 e. The monoisotopic (exact) mass is 272 g/mol. The number of rotatable bonds is 2. The van der Waals surface area contributed by atoms with Crippen LogP contribution in [0.4, 0.5) is 10.5 Å². The van der Waals surface area contributed by atoms with Crippen molar-refractivity contribution in [1.82, 2.24) is 15.1 Å². The summed E-state index contributed by atoms with van der Waals surface area (Å²) in [5.74, 6) is -0.276. The summed E-state index contributed by atoms with van der Waals surface area (Å²) >= 11 is 0. The second kappa shape index (κ2) is 4.44. The number of urea groups is 1. The summed E-state index contributed by atoms with van der Waals surface area (Å²) in [7, 11) is 1.69. The second-order valence-corrected chi connectivity index (χ2v) is 4.58. The Morgan fingerprint density at radius 1 is 1.35 bits per heavy atom. The van der Waals surface area contributed by atoms with Crippen LogP contribution < -0.4 is 10.2 Å². The van der Waals surface area contributed by atoms with E-state index in [4.69, 9.17) is 0 Å². The minimum atomic E-state index is -0.447. The van der Waals surface area contributed by atoms with Crippen LogP contribution in [0.2, 0.25) is 0 Å². The highest BCUT2D eigenvalue weighted by Crippen LogP contribution is 2.24. The van der Waals surface area contributed by atoms with E-state index in [2.05, 4.69) is 10.4 Å². The van der Waals surface area contributed by atoms with Gasteiger partial charge in [-0.05, 0) is 18.2 Å². The number of carbonyl (C=O) groups is 3. The van der Waals surface area contributed by atoms with E-state index in [-0.39, 0.29) is 12.3 Å². The molecule has 0 unspecified atom stereocenters. The van der Waals surface area contributed by atoms with Gasteiger partial charge in [0.2, 0.25) is 5.91 Å². The van der Waals surface area contributed by atoms with Crippen molar-refractivity contribution in [2.45, 2.75) is 6.42 Å². The summed E-state index contributed by atoms with van der Waals surface area (Å²) in [5, 5.41) is 7.17. The number of carbonyl (C=O) groups excluding carboxylic acids is 3. The van der Waals surface area contributed by atoms with Crippen molar-refractivity contribution in [1.29, 1.82) is 0 Å². The van der Waals surface area contributed by atoms with Crippen LogP contribution in [0.3, 0.4) is 0 Å². The molecular formula is C13H12N4O3. The lowest BCUT2D eigenvalue weighted by Crippen LogP contribution is -2.49. The van der Waals surface area contributed by atoms with Crippen LogP contribution in [0, 0.1) is 0 Å². The third-order valence-electron chi connectivity index (χ3n) is 3.34. The van der Waals surface area contributed by atoms with E-state index in [1.807, 2.05) is 0 Å². The zero-order chi connectivity index (χ0) is 14.3. The molecule has 20 heavy (non-hydrogen) atoms. The molecule has 0 atom stereocenters. The van der Waals surface area contributed by atoms with Gasteiger partial charge in [-0.15, -0.1) is 0 Å². The molecule has 3 rings (SSSR count). The molecular weight excluding hydrogens is 260 g/mol. The summed E-state index contributed by atoms with van der Waals surface area (Å²) in [5.41, 5.74) is 1.78. The van der Waals surface area contributed by atoms with Crippen molar-refractivity contribution in [2.24, 2.45) is 7.05 Å². The molecule has 0 saturated carbocycles. The van der Waals surface area contributed by atoms with Gasteiger partial charge in [0, 0.05) is 31.1 Å². The number of aldehydes is 1. The summed E-state index contributed by atoms with van der Waals surface area (Å²) in [6.45, 7) is 0.326. The molecule has 7 heteroatoms. The Balaban J connectivity index is 2.06. The van der Waals surface area contributed by atoms with Gasteiger partial charge in [-0.2, -0.15) is 5.10 Å². The maximum atomic E-state index is 11.8. The molecule has 1 saturated heterocycles. The summed E-state index contributed by atoms with van der Waals surface area (Å²) in [6.07, 6.45) is 0.996. The molecule has 2 aromatic rings. The highest BCUT2D eigenvalue weighted by Gasteiger charge is 2.24. The molecule has 0 bridgehead atoms. The summed E-state index contributed by atoms with van der Waals surface area (Å²) in [6, 6.07) is 4.79. The smallest absolute Gasteiger partial charge is 0.296 e. The van der Waals surface area contributed by atoms with Gasteiger partial charge in [-0.3, -0.25) is 24.5 Å². The molecule has 102 valence electrons. The van der Waals surface area contributed by atoms with Crippen LogP contribution in [0.15, 0.2) is 18.2 Å². The standard InChI is InChI=1S/C13H12N4O3/c1-16-11(7-18)9-6-8(2-3-10(9)15-16)17-5-4-12(19)14-13(17)20/h2-3,6-7H,4-5H2,1H3,(H,14,19,20). The van der Waals surface area contributed by atoms with Gasteiger partial charge >= 0.3 is 6.03 Å². The van der Waals surface area contributed by atoms with Crippen LogP contribution in [0.1, 0.15) is 16.9 Å². The van der Waals surface area contributed by atoms with Crippen molar-refractivity contribution < 1.29 is 14.4 Å². The first-order chi connectivity index (χ1) is 9.60. The summed E-state index contributed by atoms with van der Waals surface area (Å²) in [4.78, 5) is 35.5. The van der Waals surface area contributed by atoms with Gasteiger partial charge in [0.1, 0.15) is 5.69 Å². The molecule has 1 N–H and O–H groups in total. The number of imide groups is 1. The van der Waals surface area contributed by atoms with E-state index in [0.29, 0.717) is 28.8 Å². The first-order valence-corrected chi connectivity index (χ1v) is 6.13. The second-order valence-electron chi connectivity index (χ2n) is 4.58. The maximum absolute atomic E-state index is 11.8. The predicted octanol–water partition coefficient (Wildman–Crippen LogP) is 0.832. The largest absolute Gasteiger partial charge is 0.328 e. The normalized spacial score (nSPS) is 15.6. The van der Waals surface area contributed by atoms with Crippen LogP contribution in [-0.2, 0) is 11.8 Å². The first kappa shape index (κ1) is 12.3. The van der Waals surface area contributed by atoms with E-state index >= 15 is 0 Å². The highest BCUT2D eigenvalue weighted by atomic mass is 16.2. The molecule has 1 aliphatic heterocycles. The van der Waals surface area contributed by atoms with Crippen LogP contribution in [-0.4, -0.2) is 34.5 Å². The fourth-order valence-corrected chi connectivity index (χ4v) is 2.32. The summed E-state index contributed by atoms with van der Waals surface area (Å²) < 4.78 is 1.50. The van der Waals surface area contributed by atoms with E-state index in [1.54, 1.807) is 25.2 Å². The average Bonchev–Trinajstić information content (AvgIpc) is 2.73. The number of nitrogens with zero attached hydrogens (tertiary/aromatic N) is 3. The molecule has 2 heterocycles. The lowest BCUT2D eigenvalue weighted by molar-refractivity contribution is -0.120. The topological polar surface area (TPSA) is 84.3 Å². The third-order valence-corrected chi connectivity index (χ3v) is 3.34. The SMILES string of the molecule is Cn1nc2ccc(N3CCC(=O)NC3=O)cc2c1C=O. The predicted molar refractivity (Wildman–Crippen MR) is 71.6 cm³/mol. The lowest BCUT2D eigenvalue weighted by atomic mass is 10.1. The zero-order valence-corrected chi connectivity index (χ0v) is 10.8.